The topological polar surface area (TPSA) is 59.3 Å². The summed E-state index contributed by atoms with van der Waals surface area (Å²) in [5.74, 6) is -0.185. The van der Waals surface area contributed by atoms with Crippen LogP contribution in [0.3, 0.4) is 0 Å². The van der Waals surface area contributed by atoms with Crippen molar-refractivity contribution in [2.45, 2.75) is 6.92 Å². The highest BCUT2D eigenvalue weighted by Crippen LogP contribution is 2.05. The molecule has 1 amide bonds. The van der Waals surface area contributed by atoms with Gasteiger partial charge in [0.15, 0.2) is 5.65 Å². The smallest absolute Gasteiger partial charge is 0.271 e. The minimum absolute atomic E-state index is 0.185. The van der Waals surface area contributed by atoms with Crippen LogP contribution in [0.4, 0.5) is 0 Å². The molecular weight excluding hydrogens is 180 g/mol. The molecule has 5 nitrogen and oxygen atoms in total. The predicted octanol–water partition coefficient (Wildman–Crippen LogP) is 0.397. The molecule has 1 N–H and O–H groups in total. The Kier molecular flexibility index (Phi) is 1.92. The zero-order valence-corrected chi connectivity index (χ0v) is 7.98. The number of aryl methyl sites for hydroxylation is 1. The first-order valence-corrected chi connectivity index (χ1v) is 4.26. The minimum atomic E-state index is -0.185. The van der Waals surface area contributed by atoms with Crippen molar-refractivity contribution in [1.82, 2.24) is 19.9 Å². The number of hydrogen-bond donors (Lipinski definition) is 1. The van der Waals surface area contributed by atoms with E-state index in [1.165, 1.54) is 10.7 Å². The summed E-state index contributed by atoms with van der Waals surface area (Å²) in [6.07, 6.45) is 1.51. The van der Waals surface area contributed by atoms with Crippen LogP contribution in [0.25, 0.3) is 5.65 Å². The van der Waals surface area contributed by atoms with Gasteiger partial charge in [-0.05, 0) is 19.1 Å². The third-order valence-electron chi connectivity index (χ3n) is 1.96. The summed E-state index contributed by atoms with van der Waals surface area (Å²) in [7, 11) is 1.58. The van der Waals surface area contributed by atoms with E-state index in [0.717, 1.165) is 5.69 Å². The Morgan fingerprint density at radius 3 is 3.00 bits per heavy atom. The van der Waals surface area contributed by atoms with Gasteiger partial charge in [-0.3, -0.25) is 4.79 Å². The number of nitrogens with zero attached hydrogens (tertiary/aromatic N) is 3. The van der Waals surface area contributed by atoms with Crippen LogP contribution >= 0.6 is 0 Å². The minimum Gasteiger partial charge on any atom is -0.354 e. The summed E-state index contributed by atoms with van der Waals surface area (Å²) >= 11 is 0. The van der Waals surface area contributed by atoms with Crippen molar-refractivity contribution in [3.05, 3.63) is 29.7 Å². The summed E-state index contributed by atoms with van der Waals surface area (Å²) < 4.78 is 1.54. The standard InChI is InChI=1S/C9H10N4O/c1-6-3-4-8-11-5-7(9(14)10-2)13(8)12-6/h3-5H,1-2H3,(H,10,14). The second kappa shape index (κ2) is 3.10. The van der Waals surface area contributed by atoms with Crippen molar-refractivity contribution < 1.29 is 4.79 Å². The van der Waals surface area contributed by atoms with Crippen LogP contribution in [-0.2, 0) is 0 Å². The zero-order valence-electron chi connectivity index (χ0n) is 7.98. The number of rotatable bonds is 1. The highest BCUT2D eigenvalue weighted by atomic mass is 16.1. The fourth-order valence-corrected chi connectivity index (χ4v) is 1.25. The number of fused-ring (bicyclic) bond motifs is 1. The molecule has 0 radical (unpaired) electrons. The summed E-state index contributed by atoms with van der Waals surface area (Å²) in [5, 5.41) is 6.74. The number of carbonyl (C=O) groups excluding carboxylic acids is 1. The summed E-state index contributed by atoms with van der Waals surface area (Å²) in [6, 6.07) is 3.69. The van der Waals surface area contributed by atoms with Crippen LogP contribution in [0, 0.1) is 6.92 Å². The van der Waals surface area contributed by atoms with Gasteiger partial charge in [0.25, 0.3) is 5.91 Å². The van der Waals surface area contributed by atoms with Gasteiger partial charge < -0.3 is 5.32 Å². The van der Waals surface area contributed by atoms with Gasteiger partial charge in [-0.15, -0.1) is 0 Å². The maximum atomic E-state index is 11.4. The van der Waals surface area contributed by atoms with E-state index in [9.17, 15) is 4.79 Å². The van der Waals surface area contributed by atoms with Gasteiger partial charge in [0.2, 0.25) is 0 Å². The highest BCUT2D eigenvalue weighted by molar-refractivity contribution is 5.92. The third kappa shape index (κ3) is 1.22. The van der Waals surface area contributed by atoms with Gasteiger partial charge in [-0.25, -0.2) is 9.50 Å². The Balaban J connectivity index is 2.67. The molecule has 2 aromatic rings. The second-order valence-corrected chi connectivity index (χ2v) is 2.97. The lowest BCUT2D eigenvalue weighted by Crippen LogP contribution is -2.20. The van der Waals surface area contributed by atoms with Crippen molar-refractivity contribution in [3.8, 4) is 0 Å². The fourth-order valence-electron chi connectivity index (χ4n) is 1.25. The molecule has 2 aromatic heterocycles. The summed E-state index contributed by atoms with van der Waals surface area (Å²) in [5.41, 5.74) is 1.97. The van der Waals surface area contributed by atoms with Gasteiger partial charge in [0, 0.05) is 7.05 Å². The molecule has 0 aliphatic carbocycles. The highest BCUT2D eigenvalue weighted by Gasteiger charge is 2.10. The summed E-state index contributed by atoms with van der Waals surface area (Å²) in [4.78, 5) is 15.5. The van der Waals surface area contributed by atoms with Crippen molar-refractivity contribution in [1.29, 1.82) is 0 Å². The zero-order chi connectivity index (χ0) is 10.1. The molecule has 0 spiro atoms. The molecule has 0 bridgehead atoms. The Morgan fingerprint density at radius 2 is 2.29 bits per heavy atom. The molecular formula is C9H10N4O. The van der Waals surface area contributed by atoms with E-state index >= 15 is 0 Å². The first-order chi connectivity index (χ1) is 6.72. The first kappa shape index (κ1) is 8.68. The second-order valence-electron chi connectivity index (χ2n) is 2.97. The maximum absolute atomic E-state index is 11.4. The molecule has 2 rings (SSSR count). The van der Waals surface area contributed by atoms with Crippen molar-refractivity contribution in [3.63, 3.8) is 0 Å². The number of hydrogen-bond acceptors (Lipinski definition) is 3. The Hall–Kier alpha value is -1.91. The average Bonchev–Trinajstić information content (AvgIpc) is 2.59. The van der Waals surface area contributed by atoms with E-state index in [1.807, 2.05) is 19.1 Å². The van der Waals surface area contributed by atoms with Crippen molar-refractivity contribution in [2.75, 3.05) is 7.05 Å². The van der Waals surface area contributed by atoms with Gasteiger partial charge >= 0.3 is 0 Å². The molecule has 2 heterocycles. The molecule has 0 aliphatic rings. The lowest BCUT2D eigenvalue weighted by atomic mass is 10.4. The number of amides is 1. The van der Waals surface area contributed by atoms with Crippen LogP contribution in [0.15, 0.2) is 18.3 Å². The van der Waals surface area contributed by atoms with Gasteiger partial charge in [-0.2, -0.15) is 5.10 Å². The molecule has 0 aromatic carbocycles. The summed E-state index contributed by atoms with van der Waals surface area (Å²) in [6.45, 7) is 1.87. The molecule has 14 heavy (non-hydrogen) atoms. The van der Waals surface area contributed by atoms with Crippen molar-refractivity contribution >= 4 is 11.6 Å². The first-order valence-electron chi connectivity index (χ1n) is 4.26. The van der Waals surface area contributed by atoms with Crippen LogP contribution < -0.4 is 5.32 Å². The van der Waals surface area contributed by atoms with Crippen LogP contribution in [0.2, 0.25) is 0 Å². The van der Waals surface area contributed by atoms with Gasteiger partial charge in [-0.1, -0.05) is 0 Å². The van der Waals surface area contributed by atoms with Crippen LogP contribution in [0.5, 0.6) is 0 Å². The number of nitrogens with one attached hydrogen (secondary N) is 1. The molecule has 0 fully saturated rings. The van der Waals surface area contributed by atoms with E-state index in [4.69, 9.17) is 0 Å². The van der Waals surface area contributed by atoms with E-state index in [-0.39, 0.29) is 5.91 Å². The van der Waals surface area contributed by atoms with E-state index in [1.54, 1.807) is 7.05 Å². The Labute approximate surface area is 80.8 Å². The Morgan fingerprint density at radius 1 is 1.50 bits per heavy atom. The quantitative estimate of drug-likeness (QED) is 0.708. The van der Waals surface area contributed by atoms with Crippen molar-refractivity contribution in [2.24, 2.45) is 0 Å². The van der Waals surface area contributed by atoms with Crippen LogP contribution in [-0.4, -0.2) is 27.6 Å². The van der Waals surface area contributed by atoms with E-state index in [2.05, 4.69) is 15.4 Å². The average molecular weight is 190 g/mol. The lowest BCUT2D eigenvalue weighted by Gasteiger charge is -1.99. The Bertz CT molecular complexity index is 489. The largest absolute Gasteiger partial charge is 0.354 e. The third-order valence-corrected chi connectivity index (χ3v) is 1.96. The monoisotopic (exact) mass is 190 g/mol. The van der Waals surface area contributed by atoms with Gasteiger partial charge in [0.1, 0.15) is 5.69 Å². The normalized spacial score (nSPS) is 10.4. The fraction of sp³-hybridized carbons (Fsp3) is 0.222. The van der Waals surface area contributed by atoms with E-state index in [0.29, 0.717) is 11.3 Å². The number of aromatic nitrogens is 3. The maximum Gasteiger partial charge on any atom is 0.271 e. The molecule has 72 valence electrons. The predicted molar refractivity (Wildman–Crippen MR) is 51.1 cm³/mol. The van der Waals surface area contributed by atoms with Crippen LogP contribution in [0.1, 0.15) is 16.2 Å². The lowest BCUT2D eigenvalue weighted by molar-refractivity contribution is 0.0956. The molecule has 0 saturated carbocycles. The molecule has 0 aliphatic heterocycles. The number of carbonyl (C=O) groups is 1. The van der Waals surface area contributed by atoms with E-state index < -0.39 is 0 Å². The van der Waals surface area contributed by atoms with Gasteiger partial charge in [0.05, 0.1) is 11.9 Å². The molecule has 5 heteroatoms. The number of imidazole rings is 1. The SMILES string of the molecule is CNC(=O)c1cnc2ccc(C)nn12. The molecule has 0 unspecified atom stereocenters. The molecule has 0 atom stereocenters. The molecule has 0 saturated heterocycles.